The summed E-state index contributed by atoms with van der Waals surface area (Å²) in [6.45, 7) is 10.6. The lowest BCUT2D eigenvalue weighted by Gasteiger charge is -2.01. The van der Waals surface area contributed by atoms with E-state index >= 15 is 0 Å². The van der Waals surface area contributed by atoms with Crippen LogP contribution in [0.5, 0.6) is 0 Å². The average Bonchev–Trinajstić information content (AvgIpc) is 3.00. The number of aryl methyl sites for hydroxylation is 4. The molecule has 3 heteroatoms. The molecule has 0 fully saturated rings. The fourth-order valence-corrected chi connectivity index (χ4v) is 3.59. The minimum absolute atomic E-state index is 0.966. The van der Waals surface area contributed by atoms with Crippen molar-refractivity contribution in [3.8, 4) is 0 Å². The van der Waals surface area contributed by atoms with E-state index in [1.165, 1.54) is 27.8 Å². The van der Waals surface area contributed by atoms with E-state index in [1.54, 1.807) is 0 Å². The molecule has 2 aromatic heterocycles. The van der Waals surface area contributed by atoms with Crippen LogP contribution >= 0.6 is 0 Å². The minimum Gasteiger partial charge on any atom is -0.315 e. The Balaban J connectivity index is 1.75. The number of nitrogens with zero attached hydrogens (tertiary/aromatic N) is 3. The van der Waals surface area contributed by atoms with Gasteiger partial charge in [0.05, 0.1) is 28.8 Å². The first-order valence-electron chi connectivity index (χ1n) is 10.3. The van der Waals surface area contributed by atoms with E-state index in [1.807, 2.05) is 18.5 Å². The summed E-state index contributed by atoms with van der Waals surface area (Å²) < 4.78 is 2.18. The SMILES string of the molecule is Cc1ccc(N=Cc2c(C)c(C=Nc3ccc(C)c(C)c3)n3ccccc23)cc1C. The van der Waals surface area contributed by atoms with E-state index in [4.69, 9.17) is 9.98 Å². The number of fused-ring (bicyclic) bond motifs is 1. The maximum absolute atomic E-state index is 4.76. The summed E-state index contributed by atoms with van der Waals surface area (Å²) in [4.78, 5) is 9.51. The summed E-state index contributed by atoms with van der Waals surface area (Å²) in [5.41, 5.74) is 11.5. The van der Waals surface area contributed by atoms with Crippen LogP contribution in [0.2, 0.25) is 0 Å². The van der Waals surface area contributed by atoms with Gasteiger partial charge >= 0.3 is 0 Å². The molecule has 0 saturated carbocycles. The lowest BCUT2D eigenvalue weighted by atomic mass is 10.1. The van der Waals surface area contributed by atoms with Crippen LogP contribution < -0.4 is 0 Å². The molecule has 0 atom stereocenters. The predicted octanol–water partition coefficient (Wildman–Crippen LogP) is 6.98. The summed E-state index contributed by atoms with van der Waals surface area (Å²) in [6.07, 6.45) is 6.01. The molecule has 0 aliphatic heterocycles. The number of benzene rings is 2. The molecule has 150 valence electrons. The van der Waals surface area contributed by atoms with E-state index in [2.05, 4.69) is 93.7 Å². The van der Waals surface area contributed by atoms with Gasteiger partial charge in [0.1, 0.15) is 0 Å². The average molecular weight is 394 g/mol. The second-order valence-electron chi connectivity index (χ2n) is 7.93. The third kappa shape index (κ3) is 3.84. The number of rotatable bonds is 4. The molecule has 4 rings (SSSR count). The fourth-order valence-electron chi connectivity index (χ4n) is 3.59. The molecule has 0 bridgehead atoms. The normalized spacial score (nSPS) is 11.9. The van der Waals surface area contributed by atoms with Crippen LogP contribution in [0.1, 0.15) is 39.1 Å². The Hall–Kier alpha value is -3.46. The summed E-state index contributed by atoms with van der Waals surface area (Å²) >= 11 is 0. The second-order valence-corrected chi connectivity index (χ2v) is 7.93. The zero-order valence-corrected chi connectivity index (χ0v) is 18.3. The van der Waals surface area contributed by atoms with Gasteiger partial charge in [0.2, 0.25) is 0 Å². The molecule has 4 aromatic rings. The van der Waals surface area contributed by atoms with Crippen molar-refractivity contribution in [2.24, 2.45) is 9.98 Å². The fraction of sp³-hybridized carbons (Fsp3) is 0.185. The van der Waals surface area contributed by atoms with Crippen molar-refractivity contribution in [3.05, 3.63) is 99.9 Å². The zero-order valence-electron chi connectivity index (χ0n) is 18.3. The van der Waals surface area contributed by atoms with E-state index in [-0.39, 0.29) is 0 Å². The van der Waals surface area contributed by atoms with Gasteiger partial charge < -0.3 is 4.40 Å². The summed E-state index contributed by atoms with van der Waals surface area (Å²) in [5.74, 6) is 0. The highest BCUT2D eigenvalue weighted by Gasteiger charge is 2.12. The highest BCUT2D eigenvalue weighted by atomic mass is 14.9. The molecular weight excluding hydrogens is 366 g/mol. The number of hydrogen-bond donors (Lipinski definition) is 0. The van der Waals surface area contributed by atoms with Crippen molar-refractivity contribution in [2.45, 2.75) is 34.6 Å². The predicted molar refractivity (Wildman–Crippen MR) is 128 cm³/mol. The minimum atomic E-state index is 0.966. The van der Waals surface area contributed by atoms with E-state index < -0.39 is 0 Å². The van der Waals surface area contributed by atoms with Crippen molar-refractivity contribution < 1.29 is 0 Å². The monoisotopic (exact) mass is 393 g/mol. The van der Waals surface area contributed by atoms with E-state index in [9.17, 15) is 0 Å². The van der Waals surface area contributed by atoms with Crippen molar-refractivity contribution >= 4 is 29.3 Å². The number of aliphatic imine (C=N–C) groups is 2. The number of aromatic nitrogens is 1. The zero-order chi connectivity index (χ0) is 21.3. The van der Waals surface area contributed by atoms with Crippen LogP contribution in [0.4, 0.5) is 11.4 Å². The number of hydrogen-bond acceptors (Lipinski definition) is 2. The highest BCUT2D eigenvalue weighted by molar-refractivity contribution is 5.98. The summed E-state index contributed by atoms with van der Waals surface area (Å²) in [6, 6.07) is 18.8. The second kappa shape index (κ2) is 8.11. The van der Waals surface area contributed by atoms with Gasteiger partial charge in [-0.3, -0.25) is 9.98 Å². The molecule has 0 spiro atoms. The topological polar surface area (TPSA) is 29.1 Å². The maximum atomic E-state index is 4.76. The van der Waals surface area contributed by atoms with Crippen molar-refractivity contribution in [2.75, 3.05) is 0 Å². The smallest absolute Gasteiger partial charge is 0.0675 e. The molecule has 30 heavy (non-hydrogen) atoms. The van der Waals surface area contributed by atoms with Gasteiger partial charge in [0.25, 0.3) is 0 Å². The van der Waals surface area contributed by atoms with Crippen molar-refractivity contribution in [1.29, 1.82) is 0 Å². The molecule has 0 unspecified atom stereocenters. The quantitative estimate of drug-likeness (QED) is 0.335. The van der Waals surface area contributed by atoms with Gasteiger partial charge in [-0.1, -0.05) is 18.2 Å². The van der Waals surface area contributed by atoms with Crippen molar-refractivity contribution in [1.82, 2.24) is 4.40 Å². The molecular formula is C27H27N3. The van der Waals surface area contributed by atoms with Crippen LogP contribution in [0.3, 0.4) is 0 Å². The third-order valence-corrected chi connectivity index (χ3v) is 5.84. The Morgan fingerprint density at radius 3 is 1.87 bits per heavy atom. The van der Waals surface area contributed by atoms with Crippen LogP contribution in [0.15, 0.2) is 70.8 Å². The first kappa shape index (κ1) is 19.8. The van der Waals surface area contributed by atoms with Crippen molar-refractivity contribution in [3.63, 3.8) is 0 Å². The largest absolute Gasteiger partial charge is 0.315 e. The Morgan fingerprint density at radius 2 is 1.27 bits per heavy atom. The lowest BCUT2D eigenvalue weighted by Crippen LogP contribution is -1.92. The molecule has 0 radical (unpaired) electrons. The van der Waals surface area contributed by atoms with Gasteiger partial charge in [-0.05, 0) is 98.8 Å². The standard InChI is InChI=1S/C27H27N3/c1-18-9-11-23(14-20(18)3)28-16-25-22(5)27(30-13-7-6-8-26(25)30)17-29-24-12-10-19(2)21(4)15-24/h6-17H,1-5H3. The molecule has 0 aliphatic rings. The molecule has 0 N–H and O–H groups in total. The van der Waals surface area contributed by atoms with E-state index in [0.717, 1.165) is 28.1 Å². The van der Waals surface area contributed by atoms with E-state index in [0.29, 0.717) is 0 Å². The summed E-state index contributed by atoms with van der Waals surface area (Å²) in [5, 5.41) is 0. The molecule has 2 aromatic carbocycles. The van der Waals surface area contributed by atoms with Gasteiger partial charge in [-0.25, -0.2) is 0 Å². The Labute approximate surface area is 178 Å². The Kier molecular flexibility index (Phi) is 5.37. The van der Waals surface area contributed by atoms with Crippen LogP contribution in [0.25, 0.3) is 5.52 Å². The Morgan fingerprint density at radius 1 is 0.667 bits per heavy atom. The molecule has 0 saturated heterocycles. The number of pyridine rings is 1. The van der Waals surface area contributed by atoms with Crippen LogP contribution in [-0.4, -0.2) is 16.8 Å². The van der Waals surface area contributed by atoms with Gasteiger partial charge in [-0.2, -0.15) is 0 Å². The maximum Gasteiger partial charge on any atom is 0.0675 e. The first-order valence-corrected chi connectivity index (χ1v) is 10.3. The molecule has 3 nitrogen and oxygen atoms in total. The molecule has 0 aliphatic carbocycles. The van der Waals surface area contributed by atoms with Gasteiger partial charge in [-0.15, -0.1) is 0 Å². The molecule has 0 amide bonds. The van der Waals surface area contributed by atoms with Crippen LogP contribution in [0, 0.1) is 34.6 Å². The third-order valence-electron chi connectivity index (χ3n) is 5.84. The van der Waals surface area contributed by atoms with Crippen LogP contribution in [-0.2, 0) is 0 Å². The molecule has 2 heterocycles. The lowest BCUT2D eigenvalue weighted by molar-refractivity contribution is 1.17. The van der Waals surface area contributed by atoms with Gasteiger partial charge in [0, 0.05) is 18.0 Å². The summed E-state index contributed by atoms with van der Waals surface area (Å²) in [7, 11) is 0. The highest BCUT2D eigenvalue weighted by Crippen LogP contribution is 2.24. The van der Waals surface area contributed by atoms with Gasteiger partial charge in [0.15, 0.2) is 0 Å². The Bertz CT molecular complexity index is 1190. The first-order chi connectivity index (χ1) is 14.4.